The van der Waals surface area contributed by atoms with Crippen LogP contribution in [0.15, 0.2) is 61.1 Å². The number of amides is 2. The van der Waals surface area contributed by atoms with Gasteiger partial charge in [0.2, 0.25) is 0 Å². The molecule has 0 saturated heterocycles. The SMILES string of the molecule is O=C(Nc1ccncc1F)Nc1cccc2c1CN(c1ccccn1)C2. The Labute approximate surface area is 149 Å². The van der Waals surface area contributed by atoms with Gasteiger partial charge in [0.1, 0.15) is 5.82 Å². The van der Waals surface area contributed by atoms with Crippen molar-refractivity contribution in [2.75, 3.05) is 15.5 Å². The van der Waals surface area contributed by atoms with Crippen LogP contribution < -0.4 is 15.5 Å². The van der Waals surface area contributed by atoms with Crippen LogP contribution in [0.3, 0.4) is 0 Å². The van der Waals surface area contributed by atoms with Gasteiger partial charge in [0.15, 0.2) is 5.82 Å². The molecule has 1 aliphatic heterocycles. The third kappa shape index (κ3) is 3.19. The highest BCUT2D eigenvalue weighted by atomic mass is 19.1. The van der Waals surface area contributed by atoms with Crippen LogP contribution in [0.25, 0.3) is 0 Å². The van der Waals surface area contributed by atoms with Gasteiger partial charge in [0.05, 0.1) is 11.9 Å². The van der Waals surface area contributed by atoms with Crippen LogP contribution in [0, 0.1) is 5.82 Å². The van der Waals surface area contributed by atoms with Gasteiger partial charge >= 0.3 is 6.03 Å². The molecular formula is C19H16FN5O. The molecule has 130 valence electrons. The largest absolute Gasteiger partial charge is 0.348 e. The number of fused-ring (bicyclic) bond motifs is 1. The average Bonchev–Trinajstić information content (AvgIpc) is 3.10. The summed E-state index contributed by atoms with van der Waals surface area (Å²) in [5, 5.41) is 5.31. The lowest BCUT2D eigenvalue weighted by Crippen LogP contribution is -2.21. The summed E-state index contributed by atoms with van der Waals surface area (Å²) in [6.45, 7) is 1.37. The number of hydrogen-bond acceptors (Lipinski definition) is 4. The number of carbonyl (C=O) groups excluding carboxylic acids is 1. The van der Waals surface area contributed by atoms with Crippen molar-refractivity contribution in [1.82, 2.24) is 9.97 Å². The Morgan fingerprint density at radius 1 is 1.00 bits per heavy atom. The molecule has 0 bridgehead atoms. The summed E-state index contributed by atoms with van der Waals surface area (Å²) in [7, 11) is 0. The molecule has 3 heterocycles. The number of nitrogens with one attached hydrogen (secondary N) is 2. The Balaban J connectivity index is 1.51. The van der Waals surface area contributed by atoms with Gasteiger partial charge in [0, 0.05) is 36.7 Å². The second kappa shape index (κ2) is 6.79. The van der Waals surface area contributed by atoms with Crippen LogP contribution in [0.1, 0.15) is 11.1 Å². The molecule has 2 amide bonds. The molecule has 0 fully saturated rings. The van der Waals surface area contributed by atoms with Crippen molar-refractivity contribution in [2.24, 2.45) is 0 Å². The molecule has 0 atom stereocenters. The summed E-state index contributed by atoms with van der Waals surface area (Å²) in [6, 6.07) is 12.4. The molecule has 0 spiro atoms. The lowest BCUT2D eigenvalue weighted by Gasteiger charge is -2.16. The fourth-order valence-electron chi connectivity index (χ4n) is 2.99. The molecule has 3 aromatic rings. The van der Waals surface area contributed by atoms with E-state index < -0.39 is 11.8 Å². The zero-order valence-electron chi connectivity index (χ0n) is 13.8. The number of hydrogen-bond donors (Lipinski definition) is 2. The Kier molecular flexibility index (Phi) is 4.18. The number of carbonyl (C=O) groups is 1. The molecular weight excluding hydrogens is 333 g/mol. The topological polar surface area (TPSA) is 70.2 Å². The number of aromatic nitrogens is 2. The number of anilines is 3. The van der Waals surface area contributed by atoms with Crippen LogP contribution >= 0.6 is 0 Å². The third-order valence-corrected chi connectivity index (χ3v) is 4.23. The minimum Gasteiger partial charge on any atom is -0.348 e. The van der Waals surface area contributed by atoms with E-state index in [2.05, 4.69) is 25.5 Å². The van der Waals surface area contributed by atoms with Gasteiger partial charge in [-0.25, -0.2) is 14.2 Å². The predicted octanol–water partition coefficient (Wildman–Crippen LogP) is 3.78. The number of pyridine rings is 2. The van der Waals surface area contributed by atoms with Crippen LogP contribution in [0.4, 0.5) is 26.4 Å². The first-order valence-electron chi connectivity index (χ1n) is 8.15. The Morgan fingerprint density at radius 2 is 1.88 bits per heavy atom. The van der Waals surface area contributed by atoms with Crippen molar-refractivity contribution >= 4 is 23.2 Å². The zero-order chi connectivity index (χ0) is 17.9. The smallest absolute Gasteiger partial charge is 0.323 e. The molecule has 7 heteroatoms. The maximum absolute atomic E-state index is 13.6. The second-order valence-corrected chi connectivity index (χ2v) is 5.92. The molecule has 1 aromatic carbocycles. The van der Waals surface area contributed by atoms with E-state index in [0.717, 1.165) is 29.7 Å². The lowest BCUT2D eigenvalue weighted by molar-refractivity contribution is 0.262. The molecule has 0 saturated carbocycles. The molecule has 6 nitrogen and oxygen atoms in total. The first-order chi connectivity index (χ1) is 12.7. The van der Waals surface area contributed by atoms with E-state index in [4.69, 9.17) is 0 Å². The summed E-state index contributed by atoms with van der Waals surface area (Å²) in [5.74, 6) is 0.306. The van der Waals surface area contributed by atoms with Gasteiger partial charge in [-0.15, -0.1) is 0 Å². The van der Waals surface area contributed by atoms with Crippen molar-refractivity contribution in [3.8, 4) is 0 Å². The van der Waals surface area contributed by atoms with Crippen molar-refractivity contribution in [3.63, 3.8) is 0 Å². The first kappa shape index (κ1) is 16.0. The maximum Gasteiger partial charge on any atom is 0.323 e. The summed E-state index contributed by atoms with van der Waals surface area (Å²) < 4.78 is 13.6. The average molecular weight is 349 g/mol. The molecule has 26 heavy (non-hydrogen) atoms. The van der Waals surface area contributed by atoms with Gasteiger partial charge in [-0.3, -0.25) is 4.98 Å². The molecule has 0 radical (unpaired) electrons. The van der Waals surface area contributed by atoms with Crippen molar-refractivity contribution in [2.45, 2.75) is 13.1 Å². The minimum absolute atomic E-state index is 0.0835. The van der Waals surface area contributed by atoms with Crippen molar-refractivity contribution < 1.29 is 9.18 Å². The van der Waals surface area contributed by atoms with Gasteiger partial charge in [-0.05, 0) is 29.8 Å². The summed E-state index contributed by atoms with van der Waals surface area (Å²) in [4.78, 5) is 22.4. The molecule has 0 aliphatic carbocycles. The quantitative estimate of drug-likeness (QED) is 0.755. The van der Waals surface area contributed by atoms with Crippen LogP contribution in [-0.2, 0) is 13.1 Å². The Hall–Kier alpha value is -3.48. The second-order valence-electron chi connectivity index (χ2n) is 5.92. The highest BCUT2D eigenvalue weighted by Gasteiger charge is 2.23. The fourth-order valence-corrected chi connectivity index (χ4v) is 2.99. The molecule has 4 rings (SSSR count). The van der Waals surface area contributed by atoms with E-state index in [0.29, 0.717) is 12.2 Å². The standard InChI is InChI=1S/C19H16FN5O/c20-15-10-21-9-7-17(15)24-19(26)23-16-5-3-4-13-11-25(12-14(13)16)18-6-1-2-8-22-18/h1-10H,11-12H2,(H2,21,23,24,26). The van der Waals surface area contributed by atoms with E-state index in [9.17, 15) is 9.18 Å². The maximum atomic E-state index is 13.6. The van der Waals surface area contributed by atoms with Gasteiger partial charge in [0.25, 0.3) is 0 Å². The minimum atomic E-state index is -0.581. The van der Waals surface area contributed by atoms with E-state index in [1.165, 1.54) is 12.3 Å². The molecule has 2 N–H and O–H groups in total. The van der Waals surface area contributed by atoms with E-state index in [1.54, 1.807) is 6.20 Å². The van der Waals surface area contributed by atoms with Crippen molar-refractivity contribution in [3.05, 3.63) is 78.0 Å². The van der Waals surface area contributed by atoms with E-state index in [1.807, 2.05) is 36.4 Å². The molecule has 0 unspecified atom stereocenters. The summed E-state index contributed by atoms with van der Waals surface area (Å²) >= 11 is 0. The van der Waals surface area contributed by atoms with Crippen LogP contribution in [0.5, 0.6) is 0 Å². The highest BCUT2D eigenvalue weighted by molar-refractivity contribution is 6.00. The van der Waals surface area contributed by atoms with Gasteiger partial charge in [-0.1, -0.05) is 18.2 Å². The highest BCUT2D eigenvalue weighted by Crippen LogP contribution is 2.31. The van der Waals surface area contributed by atoms with E-state index in [-0.39, 0.29) is 5.69 Å². The van der Waals surface area contributed by atoms with Gasteiger partial charge < -0.3 is 15.5 Å². The Morgan fingerprint density at radius 3 is 2.69 bits per heavy atom. The van der Waals surface area contributed by atoms with Crippen molar-refractivity contribution in [1.29, 1.82) is 0 Å². The number of rotatable bonds is 3. The molecule has 2 aromatic heterocycles. The summed E-state index contributed by atoms with van der Waals surface area (Å²) in [6.07, 6.45) is 4.23. The molecule has 1 aliphatic rings. The number of urea groups is 1. The third-order valence-electron chi connectivity index (χ3n) is 4.23. The number of halogens is 1. The van der Waals surface area contributed by atoms with Crippen LogP contribution in [-0.4, -0.2) is 16.0 Å². The van der Waals surface area contributed by atoms with Gasteiger partial charge in [-0.2, -0.15) is 0 Å². The zero-order valence-corrected chi connectivity index (χ0v) is 13.8. The number of nitrogens with zero attached hydrogens (tertiary/aromatic N) is 3. The Bertz CT molecular complexity index is 948. The monoisotopic (exact) mass is 349 g/mol. The predicted molar refractivity (Wildman–Crippen MR) is 97.4 cm³/mol. The normalized spacial score (nSPS) is 12.6. The number of benzene rings is 1. The summed E-state index contributed by atoms with van der Waals surface area (Å²) in [5.41, 5.74) is 2.94. The fraction of sp³-hybridized carbons (Fsp3) is 0.105. The van der Waals surface area contributed by atoms with E-state index >= 15 is 0 Å². The lowest BCUT2D eigenvalue weighted by atomic mass is 10.1. The first-order valence-corrected chi connectivity index (χ1v) is 8.15. The van der Waals surface area contributed by atoms with Crippen LogP contribution in [0.2, 0.25) is 0 Å².